The first-order chi connectivity index (χ1) is 4.31. The maximum atomic E-state index is 5.28. The largest absolute Gasteiger partial charge is 0.374 e. The van der Waals surface area contributed by atoms with E-state index >= 15 is 0 Å². The molecule has 0 aliphatic rings. The van der Waals surface area contributed by atoms with Gasteiger partial charge in [0, 0.05) is 6.61 Å². The van der Waals surface area contributed by atoms with Gasteiger partial charge in [-0.25, -0.2) is 0 Å². The summed E-state index contributed by atoms with van der Waals surface area (Å²) in [6, 6.07) is 0. The Hall–Kier alpha value is -0.300. The van der Waals surface area contributed by atoms with E-state index < -0.39 is 0 Å². The minimum Gasteiger partial charge on any atom is -0.374 e. The monoisotopic (exact) mass is 127 g/mol. The highest BCUT2D eigenvalue weighted by molar-refractivity contribution is 4.83. The Labute approximate surface area is 57.7 Å². The Balaban J connectivity index is 3.15. The van der Waals surface area contributed by atoms with Crippen molar-refractivity contribution < 1.29 is 4.74 Å². The van der Waals surface area contributed by atoms with E-state index in [9.17, 15) is 0 Å². The van der Waals surface area contributed by atoms with E-state index in [1.807, 2.05) is 26.0 Å². The molecule has 1 nitrogen and oxygen atoms in total. The van der Waals surface area contributed by atoms with Crippen LogP contribution in [0.4, 0.5) is 0 Å². The van der Waals surface area contributed by atoms with Crippen molar-refractivity contribution in [2.45, 2.75) is 26.4 Å². The highest BCUT2D eigenvalue weighted by Gasteiger charge is 1.91. The summed E-state index contributed by atoms with van der Waals surface area (Å²) in [7, 11) is 0. The summed E-state index contributed by atoms with van der Waals surface area (Å²) in [6.07, 6.45) is 5.11. The highest BCUT2D eigenvalue weighted by atomic mass is 16.5. The molecule has 1 heteroatoms. The van der Waals surface area contributed by atoms with Gasteiger partial charge in [-0.3, -0.25) is 0 Å². The summed E-state index contributed by atoms with van der Waals surface area (Å²) in [5, 5.41) is 0. The summed E-state index contributed by atoms with van der Waals surface area (Å²) < 4.78 is 5.28. The minimum atomic E-state index is 0.247. The third-order valence-corrected chi connectivity index (χ3v) is 0.989. The first-order valence-electron chi connectivity index (χ1n) is 3.35. The Kier molecular flexibility index (Phi) is 5.64. The van der Waals surface area contributed by atoms with Crippen molar-refractivity contribution in [1.29, 1.82) is 0 Å². The fourth-order valence-electron chi connectivity index (χ4n) is 0.596. The van der Waals surface area contributed by atoms with Crippen LogP contribution in [-0.2, 0) is 4.74 Å². The molecule has 0 fully saturated rings. The van der Waals surface area contributed by atoms with Gasteiger partial charge in [0.1, 0.15) is 0 Å². The van der Waals surface area contributed by atoms with Gasteiger partial charge < -0.3 is 4.74 Å². The van der Waals surface area contributed by atoms with Crippen LogP contribution in [-0.4, -0.2) is 12.7 Å². The topological polar surface area (TPSA) is 9.23 Å². The number of hydrogen-bond donors (Lipinski definition) is 0. The molecular formula is C8H15O. The normalized spacial score (nSPS) is 14.6. The van der Waals surface area contributed by atoms with Crippen LogP contribution in [0, 0.1) is 6.92 Å². The van der Waals surface area contributed by atoms with Crippen molar-refractivity contribution in [2.75, 3.05) is 6.61 Å². The zero-order chi connectivity index (χ0) is 7.11. The molecule has 0 aromatic heterocycles. The zero-order valence-electron chi connectivity index (χ0n) is 6.26. The fourth-order valence-corrected chi connectivity index (χ4v) is 0.596. The van der Waals surface area contributed by atoms with Crippen LogP contribution in [0.5, 0.6) is 0 Å². The summed E-state index contributed by atoms with van der Waals surface area (Å²) in [5.74, 6) is 0. The molecule has 0 heterocycles. The smallest absolute Gasteiger partial charge is 0.0727 e. The van der Waals surface area contributed by atoms with Crippen LogP contribution in [0.25, 0.3) is 0 Å². The molecule has 0 saturated carbocycles. The SMILES string of the molecule is [CH2]CCOC(C)C=CC. The first kappa shape index (κ1) is 8.70. The van der Waals surface area contributed by atoms with Crippen molar-refractivity contribution >= 4 is 0 Å². The molecule has 0 rings (SSSR count). The predicted octanol–water partition coefficient (Wildman–Crippen LogP) is 2.19. The summed E-state index contributed by atoms with van der Waals surface area (Å²) in [4.78, 5) is 0. The van der Waals surface area contributed by atoms with E-state index in [-0.39, 0.29) is 6.10 Å². The molecule has 1 unspecified atom stereocenters. The van der Waals surface area contributed by atoms with Gasteiger partial charge in [-0.1, -0.05) is 19.1 Å². The Morgan fingerprint density at radius 2 is 2.33 bits per heavy atom. The third-order valence-electron chi connectivity index (χ3n) is 0.989. The van der Waals surface area contributed by atoms with Gasteiger partial charge in [-0.2, -0.15) is 0 Å². The van der Waals surface area contributed by atoms with Crippen molar-refractivity contribution in [2.24, 2.45) is 0 Å². The summed E-state index contributed by atoms with van der Waals surface area (Å²) in [5.41, 5.74) is 0. The molecular weight excluding hydrogens is 112 g/mol. The highest BCUT2D eigenvalue weighted by Crippen LogP contribution is 1.92. The quantitative estimate of drug-likeness (QED) is 0.526. The number of ether oxygens (including phenoxy) is 1. The van der Waals surface area contributed by atoms with Gasteiger partial charge in [-0.15, -0.1) is 0 Å². The molecule has 0 bridgehead atoms. The maximum absolute atomic E-state index is 5.28. The van der Waals surface area contributed by atoms with Gasteiger partial charge in [0.05, 0.1) is 6.10 Å². The molecule has 0 aromatic carbocycles. The second-order valence-electron chi connectivity index (χ2n) is 1.96. The van der Waals surface area contributed by atoms with Crippen LogP contribution in [0.3, 0.4) is 0 Å². The molecule has 0 saturated heterocycles. The fraction of sp³-hybridized carbons (Fsp3) is 0.625. The van der Waals surface area contributed by atoms with E-state index in [1.54, 1.807) is 0 Å². The van der Waals surface area contributed by atoms with E-state index in [2.05, 4.69) is 6.92 Å². The average Bonchev–Trinajstić information content (AvgIpc) is 1.85. The van der Waals surface area contributed by atoms with Crippen molar-refractivity contribution in [1.82, 2.24) is 0 Å². The van der Waals surface area contributed by atoms with Crippen LogP contribution in [0.2, 0.25) is 0 Å². The zero-order valence-corrected chi connectivity index (χ0v) is 6.26. The lowest BCUT2D eigenvalue weighted by Crippen LogP contribution is -2.04. The minimum absolute atomic E-state index is 0.247. The lowest BCUT2D eigenvalue weighted by molar-refractivity contribution is 0.101. The van der Waals surface area contributed by atoms with Gasteiger partial charge in [-0.05, 0) is 20.3 Å². The molecule has 53 valence electrons. The number of hydrogen-bond acceptors (Lipinski definition) is 1. The number of allylic oxidation sites excluding steroid dienone is 1. The Morgan fingerprint density at radius 3 is 2.78 bits per heavy atom. The standard InChI is InChI=1S/C8H15O/c1-4-6-8(3)9-7-5-2/h4,6,8H,2,5,7H2,1,3H3. The molecule has 0 aliphatic carbocycles. The van der Waals surface area contributed by atoms with Crippen molar-refractivity contribution in [3.05, 3.63) is 19.1 Å². The van der Waals surface area contributed by atoms with E-state index in [0.29, 0.717) is 0 Å². The molecule has 0 N–H and O–H groups in total. The van der Waals surface area contributed by atoms with E-state index in [4.69, 9.17) is 4.74 Å². The lowest BCUT2D eigenvalue weighted by Gasteiger charge is -2.05. The number of rotatable bonds is 4. The molecule has 1 radical (unpaired) electrons. The Morgan fingerprint density at radius 1 is 1.67 bits per heavy atom. The molecule has 0 aliphatic heterocycles. The van der Waals surface area contributed by atoms with Gasteiger partial charge in [0.25, 0.3) is 0 Å². The van der Waals surface area contributed by atoms with Crippen LogP contribution >= 0.6 is 0 Å². The molecule has 0 amide bonds. The van der Waals surface area contributed by atoms with Crippen LogP contribution < -0.4 is 0 Å². The van der Waals surface area contributed by atoms with Crippen LogP contribution in [0.1, 0.15) is 20.3 Å². The van der Waals surface area contributed by atoms with Gasteiger partial charge in [0.15, 0.2) is 0 Å². The summed E-state index contributed by atoms with van der Waals surface area (Å²) in [6.45, 7) is 8.44. The average molecular weight is 127 g/mol. The van der Waals surface area contributed by atoms with Crippen molar-refractivity contribution in [3.63, 3.8) is 0 Å². The lowest BCUT2D eigenvalue weighted by atomic mass is 10.3. The molecule has 9 heavy (non-hydrogen) atoms. The Bertz CT molecular complexity index is 76.6. The van der Waals surface area contributed by atoms with Gasteiger partial charge >= 0.3 is 0 Å². The predicted molar refractivity (Wildman–Crippen MR) is 40.2 cm³/mol. The molecule has 1 atom stereocenters. The summed E-state index contributed by atoms with van der Waals surface area (Å²) >= 11 is 0. The second kappa shape index (κ2) is 5.83. The third kappa shape index (κ3) is 5.57. The first-order valence-corrected chi connectivity index (χ1v) is 3.35. The maximum Gasteiger partial charge on any atom is 0.0727 e. The van der Waals surface area contributed by atoms with Crippen LogP contribution in [0.15, 0.2) is 12.2 Å². The van der Waals surface area contributed by atoms with Gasteiger partial charge in [0.2, 0.25) is 0 Å². The molecule has 0 aromatic rings. The van der Waals surface area contributed by atoms with E-state index in [0.717, 1.165) is 13.0 Å². The van der Waals surface area contributed by atoms with E-state index in [1.165, 1.54) is 0 Å². The molecule has 0 spiro atoms. The second-order valence-corrected chi connectivity index (χ2v) is 1.96. The van der Waals surface area contributed by atoms with Crippen molar-refractivity contribution in [3.8, 4) is 0 Å².